The van der Waals surface area contributed by atoms with Gasteiger partial charge >= 0.3 is 6.18 Å². The third-order valence-corrected chi connectivity index (χ3v) is 5.40. The Hall–Kier alpha value is -3.88. The van der Waals surface area contributed by atoms with E-state index in [0.717, 1.165) is 29.4 Å². The van der Waals surface area contributed by atoms with Crippen molar-refractivity contribution in [3.8, 4) is 11.4 Å². The van der Waals surface area contributed by atoms with Crippen molar-refractivity contribution in [1.82, 2.24) is 14.5 Å². The first-order chi connectivity index (χ1) is 16.3. The molecule has 0 spiro atoms. The maximum atomic E-state index is 13.7. The van der Waals surface area contributed by atoms with Gasteiger partial charge in [-0.2, -0.15) is 13.2 Å². The van der Waals surface area contributed by atoms with E-state index in [1.54, 1.807) is 18.2 Å². The lowest BCUT2D eigenvalue weighted by atomic mass is 10.1. The van der Waals surface area contributed by atoms with Gasteiger partial charge in [0, 0.05) is 11.6 Å². The average molecular weight is 468 g/mol. The average Bonchev–Trinajstić information content (AvgIpc) is 3.23. The highest BCUT2D eigenvalue weighted by Gasteiger charge is 2.38. The van der Waals surface area contributed by atoms with Crippen molar-refractivity contribution >= 4 is 22.8 Å². The fourth-order valence-corrected chi connectivity index (χ4v) is 3.62. The third kappa shape index (κ3) is 4.88. The van der Waals surface area contributed by atoms with Gasteiger partial charge in [0.1, 0.15) is 11.6 Å². The van der Waals surface area contributed by atoms with Crippen LogP contribution in [0, 0.1) is 0 Å². The van der Waals surface area contributed by atoms with Gasteiger partial charge < -0.3 is 10.1 Å². The number of rotatable bonds is 7. The molecule has 2 aromatic heterocycles. The van der Waals surface area contributed by atoms with E-state index >= 15 is 0 Å². The largest absolute Gasteiger partial charge is 0.497 e. The first kappa shape index (κ1) is 23.3. The Balaban J connectivity index is 1.58. The molecule has 34 heavy (non-hydrogen) atoms. The molecule has 2 heterocycles. The summed E-state index contributed by atoms with van der Waals surface area (Å²) in [5.74, 6) is -0.792. The van der Waals surface area contributed by atoms with Crippen LogP contribution in [0.4, 0.5) is 19.0 Å². The molecular weight excluding hydrogens is 445 g/mol. The van der Waals surface area contributed by atoms with E-state index in [-0.39, 0.29) is 28.4 Å². The number of fused-ring (bicyclic) bond motifs is 1. The van der Waals surface area contributed by atoms with E-state index in [4.69, 9.17) is 4.74 Å². The Labute approximate surface area is 194 Å². The number of amides is 1. The molecule has 1 N–H and O–H groups in total. The number of halogens is 3. The van der Waals surface area contributed by atoms with Crippen molar-refractivity contribution < 1.29 is 22.7 Å². The van der Waals surface area contributed by atoms with Gasteiger partial charge in [-0.15, -0.1) is 0 Å². The maximum Gasteiger partial charge on any atom is 0.450 e. The normalized spacial score (nSPS) is 11.6. The lowest BCUT2D eigenvalue weighted by Gasteiger charge is -2.12. The van der Waals surface area contributed by atoms with Crippen molar-refractivity contribution in [2.24, 2.45) is 0 Å². The summed E-state index contributed by atoms with van der Waals surface area (Å²) in [5, 5.41) is 2.68. The van der Waals surface area contributed by atoms with Crippen LogP contribution in [0.25, 0.3) is 16.7 Å². The first-order valence-electron chi connectivity index (χ1n) is 10.8. The van der Waals surface area contributed by atoms with Crippen LogP contribution >= 0.6 is 0 Å². The quantitative estimate of drug-likeness (QED) is 0.359. The van der Waals surface area contributed by atoms with Crippen molar-refractivity contribution in [1.29, 1.82) is 0 Å². The highest BCUT2D eigenvalue weighted by molar-refractivity contribution is 6.03. The molecule has 6 nitrogen and oxygen atoms in total. The number of hydrogen-bond donors (Lipinski definition) is 1. The topological polar surface area (TPSA) is 69.0 Å². The van der Waals surface area contributed by atoms with Gasteiger partial charge in [0.05, 0.1) is 30.0 Å². The van der Waals surface area contributed by atoms with E-state index in [2.05, 4.69) is 22.2 Å². The predicted octanol–water partition coefficient (Wildman–Crippen LogP) is 6.04. The van der Waals surface area contributed by atoms with Crippen molar-refractivity contribution in [3.63, 3.8) is 0 Å². The molecule has 0 aliphatic rings. The molecule has 4 aromatic rings. The maximum absolute atomic E-state index is 13.7. The van der Waals surface area contributed by atoms with E-state index in [1.807, 2.05) is 12.1 Å². The molecule has 2 aromatic carbocycles. The number of benzene rings is 2. The predicted molar refractivity (Wildman–Crippen MR) is 123 cm³/mol. The monoisotopic (exact) mass is 468 g/mol. The fraction of sp³-hybridized carbons (Fsp3) is 0.240. The van der Waals surface area contributed by atoms with E-state index in [0.29, 0.717) is 11.3 Å². The lowest BCUT2D eigenvalue weighted by molar-refractivity contribution is -0.145. The Kier molecular flexibility index (Phi) is 6.54. The Morgan fingerprint density at radius 1 is 1.09 bits per heavy atom. The number of carbonyl (C=O) groups excluding carboxylic acids is 1. The number of nitrogens with zero attached hydrogens (tertiary/aromatic N) is 3. The number of ether oxygens (including phenoxy) is 1. The number of alkyl halides is 3. The van der Waals surface area contributed by atoms with Gasteiger partial charge in [-0.3, -0.25) is 9.36 Å². The summed E-state index contributed by atoms with van der Waals surface area (Å²) >= 11 is 0. The van der Waals surface area contributed by atoms with E-state index in [9.17, 15) is 18.0 Å². The molecule has 0 radical (unpaired) electrons. The number of hydrogen-bond acceptors (Lipinski definition) is 4. The van der Waals surface area contributed by atoms with Crippen LogP contribution in [0.1, 0.15) is 41.5 Å². The second-order valence-corrected chi connectivity index (χ2v) is 7.78. The summed E-state index contributed by atoms with van der Waals surface area (Å²) < 4.78 is 47.2. The first-order valence-corrected chi connectivity index (χ1v) is 10.8. The van der Waals surface area contributed by atoms with Gasteiger partial charge in [-0.25, -0.2) is 9.97 Å². The van der Waals surface area contributed by atoms with E-state index in [1.165, 1.54) is 37.6 Å². The summed E-state index contributed by atoms with van der Waals surface area (Å²) in [7, 11) is 1.43. The minimum atomic E-state index is -4.68. The van der Waals surface area contributed by atoms with Crippen molar-refractivity contribution in [2.45, 2.75) is 32.4 Å². The minimum Gasteiger partial charge on any atom is -0.497 e. The standard InChI is InChI=1S/C25H23F3N4O2/c1-3-4-5-16-6-8-17(9-7-16)23(33)31-22-13-10-18(15-29-22)32-21-12-11-19(34-2)14-20(21)30-24(32)25(26,27)28/h6-15H,3-5H2,1-2H3,(H,29,31,33). The van der Waals surface area contributed by atoms with Gasteiger partial charge in [-0.1, -0.05) is 25.5 Å². The molecule has 0 aliphatic carbocycles. The number of methoxy groups -OCH3 is 1. The van der Waals surface area contributed by atoms with Crippen LogP contribution in [0.15, 0.2) is 60.8 Å². The second kappa shape index (κ2) is 9.54. The number of unbranched alkanes of at least 4 members (excludes halogenated alkanes) is 1. The van der Waals surface area contributed by atoms with Crippen LogP contribution in [-0.4, -0.2) is 27.6 Å². The molecule has 0 atom stereocenters. The second-order valence-electron chi connectivity index (χ2n) is 7.78. The van der Waals surface area contributed by atoms with E-state index < -0.39 is 12.0 Å². The zero-order chi connectivity index (χ0) is 24.3. The number of anilines is 1. The molecule has 4 rings (SSSR count). The molecular formula is C25H23F3N4O2. The highest BCUT2D eigenvalue weighted by atomic mass is 19.4. The van der Waals surface area contributed by atoms with Crippen LogP contribution in [0.3, 0.4) is 0 Å². The van der Waals surface area contributed by atoms with Crippen LogP contribution in [0.2, 0.25) is 0 Å². The number of aryl methyl sites for hydroxylation is 1. The van der Waals surface area contributed by atoms with Crippen molar-refractivity contribution in [2.75, 3.05) is 12.4 Å². The van der Waals surface area contributed by atoms with Crippen molar-refractivity contribution in [3.05, 3.63) is 77.7 Å². The molecule has 0 fully saturated rings. The fourth-order valence-electron chi connectivity index (χ4n) is 3.62. The van der Waals surface area contributed by atoms with Crippen LogP contribution in [0.5, 0.6) is 5.75 Å². The highest BCUT2D eigenvalue weighted by Crippen LogP contribution is 2.34. The summed E-state index contributed by atoms with van der Waals surface area (Å²) in [5.41, 5.74) is 2.20. The number of nitrogens with one attached hydrogen (secondary N) is 1. The van der Waals surface area contributed by atoms with Gasteiger partial charge in [0.25, 0.3) is 5.91 Å². The Bertz CT molecular complexity index is 1300. The Morgan fingerprint density at radius 2 is 1.85 bits per heavy atom. The molecule has 0 bridgehead atoms. The molecule has 0 unspecified atom stereocenters. The van der Waals surface area contributed by atoms with Gasteiger partial charge in [0.15, 0.2) is 0 Å². The van der Waals surface area contributed by atoms with Gasteiger partial charge in [0.2, 0.25) is 5.82 Å². The number of pyridine rings is 1. The van der Waals surface area contributed by atoms with Crippen LogP contribution in [-0.2, 0) is 12.6 Å². The summed E-state index contributed by atoms with van der Waals surface area (Å²) in [6.07, 6.45) is -0.279. The molecule has 0 saturated heterocycles. The number of carbonyl (C=O) groups is 1. The summed E-state index contributed by atoms with van der Waals surface area (Å²) in [6, 6.07) is 14.8. The lowest BCUT2D eigenvalue weighted by Crippen LogP contribution is -2.15. The Morgan fingerprint density at radius 3 is 2.47 bits per heavy atom. The molecule has 176 valence electrons. The smallest absolute Gasteiger partial charge is 0.450 e. The summed E-state index contributed by atoms with van der Waals surface area (Å²) in [4.78, 5) is 20.5. The zero-order valence-electron chi connectivity index (χ0n) is 18.7. The SMILES string of the molecule is CCCCc1ccc(C(=O)Nc2ccc(-n3c(C(F)(F)F)nc4cc(OC)ccc43)cn2)cc1. The van der Waals surface area contributed by atoms with Crippen LogP contribution < -0.4 is 10.1 Å². The molecule has 9 heteroatoms. The minimum absolute atomic E-state index is 0.145. The molecule has 0 saturated carbocycles. The number of aromatic nitrogens is 3. The van der Waals surface area contributed by atoms with Gasteiger partial charge in [-0.05, 0) is 54.8 Å². The number of imidazole rings is 1. The zero-order valence-corrected chi connectivity index (χ0v) is 18.7. The molecule has 0 aliphatic heterocycles. The third-order valence-electron chi connectivity index (χ3n) is 5.40. The summed E-state index contributed by atoms with van der Waals surface area (Å²) in [6.45, 7) is 2.12. The molecule has 1 amide bonds.